The molecule has 0 aromatic heterocycles. The Morgan fingerprint density at radius 2 is 2.00 bits per heavy atom. The van der Waals surface area contributed by atoms with Crippen LogP contribution in [0.3, 0.4) is 0 Å². The number of rotatable bonds is 9. The van der Waals surface area contributed by atoms with Crippen molar-refractivity contribution < 1.29 is 4.39 Å². The molecule has 1 unspecified atom stereocenters. The van der Waals surface area contributed by atoms with Crippen molar-refractivity contribution in [2.45, 2.75) is 40.3 Å². The van der Waals surface area contributed by atoms with Crippen molar-refractivity contribution in [2.75, 3.05) is 53.4 Å². The van der Waals surface area contributed by atoms with Crippen LogP contribution >= 0.6 is 0 Å². The van der Waals surface area contributed by atoms with Crippen LogP contribution in [0.25, 0.3) is 0 Å². The van der Waals surface area contributed by atoms with E-state index in [4.69, 9.17) is 4.99 Å². The Labute approximate surface area is 170 Å². The zero-order valence-electron chi connectivity index (χ0n) is 18.3. The lowest BCUT2D eigenvalue weighted by atomic mass is 10.1. The summed E-state index contributed by atoms with van der Waals surface area (Å²) in [5.74, 6) is 1.52. The van der Waals surface area contributed by atoms with E-state index in [0.29, 0.717) is 19.0 Å². The zero-order chi connectivity index (χ0) is 20.5. The SMILES string of the molecule is CCNC(=NCc1ccc(F)c(CN(C)C)c1)N1CCC(CN(CC)CC)C1. The molecule has 1 aromatic carbocycles. The summed E-state index contributed by atoms with van der Waals surface area (Å²) in [4.78, 5) is 11.7. The molecule has 6 heteroatoms. The highest BCUT2D eigenvalue weighted by atomic mass is 19.1. The topological polar surface area (TPSA) is 34.1 Å². The number of nitrogens with zero attached hydrogens (tertiary/aromatic N) is 4. The molecule has 5 nitrogen and oxygen atoms in total. The van der Waals surface area contributed by atoms with Crippen molar-refractivity contribution in [3.8, 4) is 0 Å². The zero-order valence-corrected chi connectivity index (χ0v) is 18.3. The molecule has 1 aromatic rings. The van der Waals surface area contributed by atoms with E-state index < -0.39 is 0 Å². The van der Waals surface area contributed by atoms with Gasteiger partial charge < -0.3 is 20.0 Å². The van der Waals surface area contributed by atoms with Gasteiger partial charge in [-0.25, -0.2) is 9.38 Å². The number of likely N-dealkylation sites (tertiary alicyclic amines) is 1. The normalized spacial score (nSPS) is 17.8. The van der Waals surface area contributed by atoms with E-state index in [1.54, 1.807) is 6.07 Å². The number of halogens is 1. The Bertz CT molecular complexity index is 627. The van der Waals surface area contributed by atoms with E-state index in [1.165, 1.54) is 6.42 Å². The van der Waals surface area contributed by atoms with Crippen molar-refractivity contribution in [3.63, 3.8) is 0 Å². The van der Waals surface area contributed by atoms with Gasteiger partial charge in [-0.2, -0.15) is 0 Å². The number of hydrogen-bond donors (Lipinski definition) is 1. The largest absolute Gasteiger partial charge is 0.357 e. The van der Waals surface area contributed by atoms with E-state index >= 15 is 0 Å². The van der Waals surface area contributed by atoms with Crippen LogP contribution in [0.2, 0.25) is 0 Å². The highest BCUT2D eigenvalue weighted by Crippen LogP contribution is 2.18. The van der Waals surface area contributed by atoms with Crippen LogP contribution in [0.15, 0.2) is 23.2 Å². The van der Waals surface area contributed by atoms with E-state index in [-0.39, 0.29) is 5.82 Å². The van der Waals surface area contributed by atoms with E-state index in [2.05, 4.69) is 35.9 Å². The first-order valence-electron chi connectivity index (χ1n) is 10.6. The fraction of sp³-hybridized carbons (Fsp3) is 0.682. The maximum Gasteiger partial charge on any atom is 0.194 e. The summed E-state index contributed by atoms with van der Waals surface area (Å²) in [7, 11) is 3.91. The summed E-state index contributed by atoms with van der Waals surface area (Å²) in [5.41, 5.74) is 1.77. The van der Waals surface area contributed by atoms with Crippen LogP contribution in [-0.4, -0.2) is 74.0 Å². The highest BCUT2D eigenvalue weighted by Gasteiger charge is 2.25. The van der Waals surface area contributed by atoms with Gasteiger partial charge in [0.05, 0.1) is 6.54 Å². The first kappa shape index (κ1) is 22.6. The van der Waals surface area contributed by atoms with Gasteiger partial charge in [-0.05, 0) is 64.1 Å². The first-order chi connectivity index (χ1) is 13.5. The molecule has 0 aliphatic carbocycles. The van der Waals surface area contributed by atoms with Gasteiger partial charge in [-0.15, -0.1) is 0 Å². The molecular formula is C22H38FN5. The third-order valence-electron chi connectivity index (χ3n) is 5.34. The van der Waals surface area contributed by atoms with Crippen molar-refractivity contribution in [3.05, 3.63) is 35.1 Å². The predicted molar refractivity (Wildman–Crippen MR) is 116 cm³/mol. The van der Waals surface area contributed by atoms with E-state index in [9.17, 15) is 4.39 Å². The van der Waals surface area contributed by atoms with Crippen LogP contribution in [-0.2, 0) is 13.1 Å². The average molecular weight is 392 g/mol. The van der Waals surface area contributed by atoms with Crippen molar-refractivity contribution in [1.82, 2.24) is 20.0 Å². The van der Waals surface area contributed by atoms with Gasteiger partial charge in [-0.3, -0.25) is 0 Å². The fourth-order valence-corrected chi connectivity index (χ4v) is 3.80. The lowest BCUT2D eigenvalue weighted by Crippen LogP contribution is -2.40. The molecule has 0 radical (unpaired) electrons. The Morgan fingerprint density at radius 1 is 1.25 bits per heavy atom. The molecule has 0 spiro atoms. The Hall–Kier alpha value is -1.66. The third-order valence-corrected chi connectivity index (χ3v) is 5.34. The maximum absolute atomic E-state index is 14.0. The Morgan fingerprint density at radius 3 is 2.64 bits per heavy atom. The van der Waals surface area contributed by atoms with E-state index in [1.807, 2.05) is 31.1 Å². The molecule has 1 N–H and O–H groups in total. The smallest absolute Gasteiger partial charge is 0.194 e. The molecule has 0 amide bonds. The highest BCUT2D eigenvalue weighted by molar-refractivity contribution is 5.80. The fourth-order valence-electron chi connectivity index (χ4n) is 3.80. The van der Waals surface area contributed by atoms with Gasteiger partial charge in [-0.1, -0.05) is 19.9 Å². The summed E-state index contributed by atoms with van der Waals surface area (Å²) in [6, 6.07) is 5.34. The summed E-state index contributed by atoms with van der Waals surface area (Å²) >= 11 is 0. The molecule has 2 rings (SSSR count). The summed E-state index contributed by atoms with van der Waals surface area (Å²) in [6.45, 7) is 14.1. The molecule has 1 aliphatic rings. The lowest BCUT2D eigenvalue weighted by molar-refractivity contribution is 0.255. The van der Waals surface area contributed by atoms with Crippen molar-refractivity contribution in [2.24, 2.45) is 10.9 Å². The van der Waals surface area contributed by atoms with Crippen LogP contribution < -0.4 is 5.32 Å². The quantitative estimate of drug-likeness (QED) is 0.518. The molecule has 1 aliphatic heterocycles. The first-order valence-corrected chi connectivity index (χ1v) is 10.6. The van der Waals surface area contributed by atoms with Crippen LogP contribution in [0.1, 0.15) is 38.3 Å². The van der Waals surface area contributed by atoms with E-state index in [0.717, 1.165) is 56.4 Å². The molecule has 28 heavy (non-hydrogen) atoms. The second kappa shape index (κ2) is 11.4. The summed E-state index contributed by atoms with van der Waals surface area (Å²) in [5, 5.41) is 3.43. The number of guanidine groups is 1. The second-order valence-corrected chi connectivity index (χ2v) is 7.92. The number of aliphatic imine (C=N–C) groups is 1. The predicted octanol–water partition coefficient (Wildman–Crippen LogP) is 3.02. The minimum atomic E-state index is -0.146. The molecule has 0 bridgehead atoms. The summed E-state index contributed by atoms with van der Waals surface area (Å²) in [6.07, 6.45) is 1.21. The van der Waals surface area contributed by atoms with Gasteiger partial charge in [0.2, 0.25) is 0 Å². The van der Waals surface area contributed by atoms with Gasteiger partial charge in [0.1, 0.15) is 5.82 Å². The van der Waals surface area contributed by atoms with Gasteiger partial charge >= 0.3 is 0 Å². The molecule has 1 fully saturated rings. The number of hydrogen-bond acceptors (Lipinski definition) is 3. The number of nitrogens with one attached hydrogen (secondary N) is 1. The maximum atomic E-state index is 14.0. The molecule has 158 valence electrons. The Balaban J connectivity index is 2.03. The molecule has 0 saturated carbocycles. The molecule has 1 atom stereocenters. The average Bonchev–Trinajstić information content (AvgIpc) is 3.13. The minimum absolute atomic E-state index is 0.146. The van der Waals surface area contributed by atoms with Gasteiger partial charge in [0, 0.05) is 38.3 Å². The van der Waals surface area contributed by atoms with Crippen LogP contribution in [0.4, 0.5) is 4.39 Å². The third kappa shape index (κ3) is 6.74. The standard InChI is InChI=1S/C22H38FN5/c1-6-24-22(28-12-11-19(16-28)15-27(7-2)8-3)25-14-18-9-10-21(23)20(13-18)17-26(4)5/h9-10,13,19H,6-8,11-12,14-17H2,1-5H3,(H,24,25). The van der Waals surface area contributed by atoms with Gasteiger partial charge in [0.15, 0.2) is 5.96 Å². The monoisotopic (exact) mass is 391 g/mol. The van der Waals surface area contributed by atoms with Crippen molar-refractivity contribution in [1.29, 1.82) is 0 Å². The van der Waals surface area contributed by atoms with Crippen molar-refractivity contribution >= 4 is 5.96 Å². The lowest BCUT2D eigenvalue weighted by Gasteiger charge is -2.24. The molecule has 1 saturated heterocycles. The Kier molecular flexibility index (Phi) is 9.19. The van der Waals surface area contributed by atoms with Crippen LogP contribution in [0, 0.1) is 11.7 Å². The minimum Gasteiger partial charge on any atom is -0.357 e. The summed E-state index contributed by atoms with van der Waals surface area (Å²) < 4.78 is 14.0. The molecular weight excluding hydrogens is 353 g/mol. The molecule has 1 heterocycles. The van der Waals surface area contributed by atoms with Crippen LogP contribution in [0.5, 0.6) is 0 Å². The second-order valence-electron chi connectivity index (χ2n) is 7.92. The number of benzene rings is 1. The van der Waals surface area contributed by atoms with Gasteiger partial charge in [0.25, 0.3) is 0 Å².